The molecule has 6 aromatic rings. The fraction of sp³-hybridized carbons (Fsp3) is 0.536. The standard InChI is InChI=1S/C56H66F2N10O4/c1-3-36-7-4-8-38-24-34(2)25-42(47(36)38)49-48(58)50-43(30-59-49)51(67-17-5-6-35(31-67)12-23-69)62-53(61-50)72-33-56(13-14-56)32-65-21-15-55(16-22-65)28-39(29-55)66-18-9-37(10-19-66)40-27-45-41(26-44(40)57)52(64-63-45)68-20-11-46(70)60-54(68)71/h4,7-8,24-27,30,35,37,39,69H,3,5-6,9-23,28-29,31-33H2,1-2H3,(H,63,64)(H,60,70,71). The van der Waals surface area contributed by atoms with Gasteiger partial charge < -0.3 is 24.5 Å². The van der Waals surface area contributed by atoms with Crippen molar-refractivity contribution in [3.05, 3.63) is 77.0 Å². The van der Waals surface area contributed by atoms with Crippen molar-refractivity contribution in [2.45, 2.75) is 109 Å². The molecule has 1 unspecified atom stereocenters. The molecule has 12 rings (SSSR count). The molecular formula is C56H66F2N10O4. The van der Waals surface area contributed by atoms with Crippen LogP contribution in [0.5, 0.6) is 6.01 Å². The molecule has 16 heteroatoms. The van der Waals surface area contributed by atoms with E-state index in [1.54, 1.807) is 6.20 Å². The number of piperidine rings is 3. The summed E-state index contributed by atoms with van der Waals surface area (Å²) in [5.74, 6) is 0.366. The summed E-state index contributed by atoms with van der Waals surface area (Å²) >= 11 is 0. The lowest BCUT2D eigenvalue weighted by Crippen LogP contribution is -2.56. The number of aromatic amines is 1. The van der Waals surface area contributed by atoms with Gasteiger partial charge in [-0.15, -0.1) is 0 Å². The Morgan fingerprint density at radius 2 is 1.74 bits per heavy atom. The number of H-pyrrole nitrogens is 1. The summed E-state index contributed by atoms with van der Waals surface area (Å²) in [6, 6.07) is 14.0. The SMILES string of the molecule is CCc1cccc2cc(C)cc(-c3ncc4c(N5CCCC(CCO)C5)nc(OCC5(CN6CCC7(CC6)CC(N6CCC(c8cc9[nH]nc(N%10CCC(=O)NC%10=O)c9cc8F)CC6)C7)CC5)nc4c3F)c12. The summed E-state index contributed by atoms with van der Waals surface area (Å²) in [5, 5.41) is 22.7. The number of hydrogen-bond acceptors (Lipinski definition) is 11. The molecule has 2 aliphatic carbocycles. The lowest BCUT2D eigenvalue weighted by atomic mass is 9.59. The third-order valence-corrected chi connectivity index (χ3v) is 17.6. The Hall–Kier alpha value is -5.84. The number of aryl methyl sites for hydroxylation is 2. The van der Waals surface area contributed by atoms with E-state index in [4.69, 9.17) is 19.7 Å². The number of amides is 3. The Balaban J connectivity index is 0.684. The molecule has 6 aliphatic rings. The molecule has 1 spiro atoms. The number of imide groups is 1. The van der Waals surface area contributed by atoms with Crippen LogP contribution in [0.3, 0.4) is 0 Å². The van der Waals surface area contributed by atoms with E-state index in [2.05, 4.69) is 61.4 Å². The Bertz CT molecular complexity index is 3060. The van der Waals surface area contributed by atoms with Crippen molar-refractivity contribution < 1.29 is 28.2 Å². The molecule has 378 valence electrons. The van der Waals surface area contributed by atoms with Crippen molar-refractivity contribution in [1.82, 2.24) is 40.3 Å². The van der Waals surface area contributed by atoms with Crippen molar-refractivity contribution in [1.29, 1.82) is 0 Å². The second-order valence-corrected chi connectivity index (χ2v) is 22.3. The van der Waals surface area contributed by atoms with Crippen LogP contribution in [0, 0.1) is 35.3 Å². The number of pyridine rings is 1. The zero-order chi connectivity index (χ0) is 49.3. The summed E-state index contributed by atoms with van der Waals surface area (Å²) in [4.78, 5) is 47.8. The molecule has 0 bridgehead atoms. The molecule has 4 saturated heterocycles. The first-order chi connectivity index (χ1) is 35.0. The van der Waals surface area contributed by atoms with E-state index in [0.717, 1.165) is 118 Å². The van der Waals surface area contributed by atoms with Crippen LogP contribution in [-0.2, 0) is 11.2 Å². The number of urea groups is 1. The van der Waals surface area contributed by atoms with E-state index in [-0.39, 0.29) is 59.9 Å². The normalized spacial score (nSPS) is 22.0. The largest absolute Gasteiger partial charge is 0.463 e. The van der Waals surface area contributed by atoms with Crippen molar-refractivity contribution >= 4 is 56.2 Å². The average molecular weight is 981 g/mol. The molecule has 3 aromatic heterocycles. The van der Waals surface area contributed by atoms with Gasteiger partial charge in [0, 0.05) is 67.8 Å². The van der Waals surface area contributed by atoms with Crippen LogP contribution in [0.2, 0.25) is 0 Å². The zero-order valence-electron chi connectivity index (χ0n) is 41.6. The van der Waals surface area contributed by atoms with Crippen molar-refractivity contribution in [2.75, 3.05) is 75.4 Å². The molecule has 1 atom stereocenters. The predicted molar refractivity (Wildman–Crippen MR) is 274 cm³/mol. The minimum absolute atomic E-state index is 0.0148. The molecule has 7 heterocycles. The molecule has 6 fully saturated rings. The number of carbonyl (C=O) groups is 2. The highest BCUT2D eigenvalue weighted by atomic mass is 19.1. The topological polar surface area (TPSA) is 156 Å². The van der Waals surface area contributed by atoms with Crippen LogP contribution in [0.1, 0.15) is 107 Å². The highest BCUT2D eigenvalue weighted by molar-refractivity contribution is 6.09. The summed E-state index contributed by atoms with van der Waals surface area (Å²) < 4.78 is 39.7. The zero-order valence-corrected chi connectivity index (χ0v) is 41.6. The summed E-state index contributed by atoms with van der Waals surface area (Å²) in [6.45, 7) is 11.5. The Labute approximate surface area is 418 Å². The summed E-state index contributed by atoms with van der Waals surface area (Å²) in [6.07, 6.45) is 14.2. The average Bonchev–Trinajstić information content (AvgIpc) is 4.03. The van der Waals surface area contributed by atoms with Gasteiger partial charge in [0.1, 0.15) is 22.8 Å². The minimum atomic E-state index is -0.537. The number of ether oxygens (including phenoxy) is 1. The number of benzene rings is 3. The van der Waals surface area contributed by atoms with Gasteiger partial charge in [0.25, 0.3) is 0 Å². The van der Waals surface area contributed by atoms with Crippen LogP contribution < -0.4 is 19.9 Å². The maximum Gasteiger partial charge on any atom is 0.329 e. The quantitative estimate of drug-likeness (QED) is 0.101. The second-order valence-electron chi connectivity index (χ2n) is 22.3. The van der Waals surface area contributed by atoms with E-state index in [1.807, 2.05) is 19.1 Å². The van der Waals surface area contributed by atoms with Gasteiger partial charge >= 0.3 is 12.0 Å². The molecule has 3 N–H and O–H groups in total. The monoisotopic (exact) mass is 981 g/mol. The van der Waals surface area contributed by atoms with E-state index in [0.29, 0.717) is 63.9 Å². The van der Waals surface area contributed by atoms with Crippen LogP contribution in [-0.4, -0.2) is 124 Å². The van der Waals surface area contributed by atoms with E-state index in [1.165, 1.54) is 36.6 Å². The maximum absolute atomic E-state index is 17.3. The molecule has 3 aromatic carbocycles. The van der Waals surface area contributed by atoms with Crippen LogP contribution >= 0.6 is 0 Å². The van der Waals surface area contributed by atoms with Crippen molar-refractivity contribution in [3.63, 3.8) is 0 Å². The Morgan fingerprint density at radius 1 is 0.917 bits per heavy atom. The first-order valence-corrected chi connectivity index (χ1v) is 26.6. The number of aliphatic hydroxyl groups excluding tert-OH is 1. The second kappa shape index (κ2) is 18.9. The summed E-state index contributed by atoms with van der Waals surface area (Å²) in [7, 11) is 0. The number of fused-ring (bicyclic) bond motifs is 3. The third-order valence-electron chi connectivity index (χ3n) is 17.6. The van der Waals surface area contributed by atoms with Gasteiger partial charge in [-0.2, -0.15) is 15.1 Å². The molecule has 4 aliphatic heterocycles. The maximum atomic E-state index is 17.3. The molecule has 2 saturated carbocycles. The van der Waals surface area contributed by atoms with Crippen LogP contribution in [0.4, 0.5) is 25.2 Å². The first kappa shape index (κ1) is 47.2. The third kappa shape index (κ3) is 8.84. The molecular weight excluding hydrogens is 915 g/mol. The minimum Gasteiger partial charge on any atom is -0.463 e. The number of aliphatic hydroxyl groups is 1. The van der Waals surface area contributed by atoms with Gasteiger partial charge in [-0.05, 0) is 173 Å². The van der Waals surface area contributed by atoms with Gasteiger partial charge in [-0.25, -0.2) is 13.6 Å². The van der Waals surface area contributed by atoms with Gasteiger partial charge in [0.05, 0.1) is 17.5 Å². The Kier molecular flexibility index (Phi) is 12.4. The van der Waals surface area contributed by atoms with Gasteiger partial charge in [-0.1, -0.05) is 31.2 Å². The number of anilines is 2. The first-order valence-electron chi connectivity index (χ1n) is 26.6. The highest BCUT2D eigenvalue weighted by Gasteiger charge is 2.51. The fourth-order valence-corrected chi connectivity index (χ4v) is 13.2. The lowest BCUT2D eigenvalue weighted by Gasteiger charge is -2.56. The van der Waals surface area contributed by atoms with Gasteiger partial charge in [0.2, 0.25) is 5.91 Å². The molecule has 14 nitrogen and oxygen atoms in total. The highest BCUT2D eigenvalue weighted by Crippen LogP contribution is 2.53. The van der Waals surface area contributed by atoms with Crippen LogP contribution in [0.15, 0.2) is 48.7 Å². The predicted octanol–water partition coefficient (Wildman–Crippen LogP) is 9.20. The number of hydrogen-bond donors (Lipinski definition) is 3. The van der Waals surface area contributed by atoms with Crippen molar-refractivity contribution in [2.24, 2.45) is 16.7 Å². The Morgan fingerprint density at radius 3 is 2.50 bits per heavy atom. The number of aromatic nitrogens is 5. The smallest absolute Gasteiger partial charge is 0.329 e. The number of halogens is 2. The molecule has 72 heavy (non-hydrogen) atoms. The number of likely N-dealkylation sites (tertiary alicyclic amines) is 2. The molecule has 3 amide bonds. The number of rotatable bonds is 13. The number of carbonyl (C=O) groups excluding carboxylic acids is 2. The number of nitrogens with one attached hydrogen (secondary N) is 2. The number of nitrogens with zero attached hydrogens (tertiary/aromatic N) is 8. The van der Waals surface area contributed by atoms with E-state index >= 15 is 8.78 Å². The summed E-state index contributed by atoms with van der Waals surface area (Å²) in [5.41, 5.74) is 5.27. The lowest BCUT2D eigenvalue weighted by molar-refractivity contribution is -0.120. The van der Waals surface area contributed by atoms with Gasteiger partial charge in [-0.3, -0.25) is 25.1 Å². The fourth-order valence-electron chi connectivity index (χ4n) is 13.2. The molecule has 0 radical (unpaired) electrons. The van der Waals surface area contributed by atoms with E-state index in [9.17, 15) is 14.7 Å². The van der Waals surface area contributed by atoms with E-state index < -0.39 is 11.8 Å². The van der Waals surface area contributed by atoms with Gasteiger partial charge in [0.15, 0.2) is 11.6 Å². The van der Waals surface area contributed by atoms with Crippen molar-refractivity contribution in [3.8, 4) is 17.3 Å². The van der Waals surface area contributed by atoms with Crippen LogP contribution in [0.25, 0.3) is 43.8 Å².